The van der Waals surface area contributed by atoms with Gasteiger partial charge in [-0.1, -0.05) is 38.3 Å². The van der Waals surface area contributed by atoms with Crippen molar-refractivity contribution < 1.29 is 14.4 Å². The maximum atomic E-state index is 11.7. The molecule has 0 aromatic carbocycles. The Hall–Kier alpha value is -1.03. The van der Waals surface area contributed by atoms with Crippen LogP contribution in [0.2, 0.25) is 0 Å². The van der Waals surface area contributed by atoms with E-state index < -0.39 is 0 Å². The lowest BCUT2D eigenvalue weighted by Gasteiger charge is -2.37. The monoisotopic (exact) mass is 239 g/mol. The van der Waals surface area contributed by atoms with Crippen molar-refractivity contribution in [3.8, 4) is 0 Å². The fourth-order valence-electron chi connectivity index (χ4n) is 2.36. The summed E-state index contributed by atoms with van der Waals surface area (Å²) in [5.74, 6) is 0. The lowest BCUT2D eigenvalue weighted by atomic mass is 10.0. The van der Waals surface area contributed by atoms with Gasteiger partial charge in [0, 0.05) is 6.42 Å². The lowest BCUT2D eigenvalue weighted by molar-refractivity contribution is -0.179. The van der Waals surface area contributed by atoms with Crippen molar-refractivity contribution in [1.82, 2.24) is 5.06 Å². The molecule has 96 valence electrons. The van der Waals surface area contributed by atoms with Gasteiger partial charge >= 0.3 is 6.09 Å². The molecule has 0 spiro atoms. The quantitative estimate of drug-likeness (QED) is 0.546. The number of ether oxygens (including phenoxy) is 1. The van der Waals surface area contributed by atoms with Gasteiger partial charge in [-0.15, -0.1) is 0 Å². The SMILES string of the molecule is CCCCCC[C@H]1C[C@H]2C=CCON2C(=O)O1. The zero-order valence-corrected chi connectivity index (χ0v) is 10.4. The topological polar surface area (TPSA) is 38.8 Å². The number of unbranched alkanes of at least 4 members (excludes halogenated alkanes) is 3. The molecule has 0 N–H and O–H groups in total. The Labute approximate surface area is 103 Å². The number of carbonyl (C=O) groups excluding carboxylic acids is 1. The molecule has 0 aromatic rings. The number of fused-ring (bicyclic) bond motifs is 1. The number of amides is 1. The van der Waals surface area contributed by atoms with Gasteiger partial charge in [-0.05, 0) is 12.8 Å². The molecule has 4 heteroatoms. The van der Waals surface area contributed by atoms with Crippen molar-refractivity contribution in [3.05, 3.63) is 12.2 Å². The Kier molecular flexibility index (Phi) is 4.42. The fourth-order valence-corrected chi connectivity index (χ4v) is 2.36. The second-order valence-corrected chi connectivity index (χ2v) is 4.71. The summed E-state index contributed by atoms with van der Waals surface area (Å²) in [5, 5.41) is 1.36. The molecule has 0 radical (unpaired) electrons. The van der Waals surface area contributed by atoms with Gasteiger partial charge in [0.05, 0.1) is 12.6 Å². The minimum absolute atomic E-state index is 0.0620. The first-order chi connectivity index (χ1) is 8.31. The fraction of sp³-hybridized carbons (Fsp3) is 0.769. The number of nitrogens with zero attached hydrogens (tertiary/aromatic N) is 1. The number of hydroxylamine groups is 2. The molecule has 1 fully saturated rings. The standard InChI is InChI=1S/C13H21NO3/c1-2-3-4-5-8-12-10-11-7-6-9-16-14(11)13(15)17-12/h6-7,11-12H,2-5,8-10H2,1H3/t11-,12+/m1/s1. The average molecular weight is 239 g/mol. The van der Waals surface area contributed by atoms with Crippen LogP contribution in [0.4, 0.5) is 4.79 Å². The number of hydrogen-bond acceptors (Lipinski definition) is 3. The largest absolute Gasteiger partial charge is 0.444 e. The van der Waals surface area contributed by atoms with E-state index in [1.807, 2.05) is 12.2 Å². The van der Waals surface area contributed by atoms with Crippen LogP contribution >= 0.6 is 0 Å². The van der Waals surface area contributed by atoms with E-state index in [9.17, 15) is 4.79 Å². The van der Waals surface area contributed by atoms with Gasteiger partial charge in [0.1, 0.15) is 6.10 Å². The van der Waals surface area contributed by atoms with E-state index in [0.717, 1.165) is 19.3 Å². The Bertz CT molecular complexity index is 290. The molecule has 0 aromatic heterocycles. The van der Waals surface area contributed by atoms with Crippen molar-refractivity contribution in [2.45, 2.75) is 57.6 Å². The summed E-state index contributed by atoms with van der Waals surface area (Å²) < 4.78 is 5.36. The van der Waals surface area contributed by atoms with Gasteiger partial charge in [0.15, 0.2) is 0 Å². The molecule has 2 aliphatic rings. The summed E-state index contributed by atoms with van der Waals surface area (Å²) in [4.78, 5) is 16.9. The summed E-state index contributed by atoms with van der Waals surface area (Å²) in [6.45, 7) is 2.66. The van der Waals surface area contributed by atoms with E-state index in [0.29, 0.717) is 6.61 Å². The van der Waals surface area contributed by atoms with Crippen LogP contribution in [0.5, 0.6) is 0 Å². The third-order valence-corrected chi connectivity index (χ3v) is 3.30. The minimum Gasteiger partial charge on any atom is -0.444 e. The molecule has 2 rings (SSSR count). The second-order valence-electron chi connectivity index (χ2n) is 4.71. The second kappa shape index (κ2) is 6.05. The van der Waals surface area contributed by atoms with Crippen molar-refractivity contribution in [2.75, 3.05) is 6.61 Å². The number of cyclic esters (lactones) is 1. The van der Waals surface area contributed by atoms with Crippen LogP contribution in [-0.4, -0.2) is 29.9 Å². The summed E-state index contributed by atoms with van der Waals surface area (Å²) in [6.07, 6.45) is 10.4. The summed E-state index contributed by atoms with van der Waals surface area (Å²) in [6, 6.07) is 0.0705. The predicted molar refractivity (Wildman–Crippen MR) is 64.4 cm³/mol. The van der Waals surface area contributed by atoms with Gasteiger partial charge in [0.25, 0.3) is 0 Å². The first-order valence-corrected chi connectivity index (χ1v) is 6.60. The maximum Gasteiger partial charge on any atom is 0.434 e. The van der Waals surface area contributed by atoms with Crippen LogP contribution in [0.3, 0.4) is 0 Å². The molecule has 2 aliphatic heterocycles. The van der Waals surface area contributed by atoms with E-state index in [1.165, 1.54) is 24.3 Å². The lowest BCUT2D eigenvalue weighted by Crippen LogP contribution is -2.49. The minimum atomic E-state index is -0.328. The van der Waals surface area contributed by atoms with E-state index in [1.54, 1.807) is 0 Å². The van der Waals surface area contributed by atoms with E-state index >= 15 is 0 Å². The van der Waals surface area contributed by atoms with E-state index in [2.05, 4.69) is 6.92 Å². The van der Waals surface area contributed by atoms with Gasteiger partial charge < -0.3 is 4.74 Å². The summed E-state index contributed by atoms with van der Waals surface area (Å²) in [5.41, 5.74) is 0. The number of hydrogen-bond donors (Lipinski definition) is 0. The molecule has 0 saturated carbocycles. The predicted octanol–water partition coefficient (Wildman–Crippen LogP) is 3.04. The Morgan fingerprint density at radius 1 is 1.41 bits per heavy atom. The zero-order valence-electron chi connectivity index (χ0n) is 10.4. The van der Waals surface area contributed by atoms with Gasteiger partial charge in [0.2, 0.25) is 0 Å². The molecule has 0 unspecified atom stereocenters. The first kappa shape index (κ1) is 12.4. The molecule has 0 bridgehead atoms. The highest BCUT2D eigenvalue weighted by atomic mass is 16.7. The molecular formula is C13H21NO3. The highest BCUT2D eigenvalue weighted by Gasteiger charge is 2.35. The van der Waals surface area contributed by atoms with Gasteiger partial charge in [-0.2, -0.15) is 5.06 Å². The molecule has 2 heterocycles. The third kappa shape index (κ3) is 3.22. The van der Waals surface area contributed by atoms with Crippen LogP contribution in [-0.2, 0) is 9.57 Å². The van der Waals surface area contributed by atoms with Crippen LogP contribution in [0.15, 0.2) is 12.2 Å². The molecule has 17 heavy (non-hydrogen) atoms. The van der Waals surface area contributed by atoms with E-state index in [-0.39, 0.29) is 18.2 Å². The molecule has 0 aliphatic carbocycles. The van der Waals surface area contributed by atoms with Crippen LogP contribution < -0.4 is 0 Å². The van der Waals surface area contributed by atoms with Crippen molar-refractivity contribution in [2.24, 2.45) is 0 Å². The van der Waals surface area contributed by atoms with E-state index in [4.69, 9.17) is 9.57 Å². The Morgan fingerprint density at radius 2 is 2.29 bits per heavy atom. The molecule has 4 nitrogen and oxygen atoms in total. The van der Waals surface area contributed by atoms with Crippen LogP contribution in [0.25, 0.3) is 0 Å². The molecule has 1 amide bonds. The van der Waals surface area contributed by atoms with Crippen LogP contribution in [0, 0.1) is 0 Å². The van der Waals surface area contributed by atoms with Crippen molar-refractivity contribution in [1.29, 1.82) is 0 Å². The maximum absolute atomic E-state index is 11.7. The molecule has 2 atom stereocenters. The molecular weight excluding hydrogens is 218 g/mol. The average Bonchev–Trinajstić information content (AvgIpc) is 2.35. The highest BCUT2D eigenvalue weighted by Crippen LogP contribution is 2.25. The number of rotatable bonds is 5. The Balaban J connectivity index is 1.79. The van der Waals surface area contributed by atoms with Gasteiger partial charge in [-0.3, -0.25) is 4.84 Å². The summed E-state index contributed by atoms with van der Waals surface area (Å²) >= 11 is 0. The smallest absolute Gasteiger partial charge is 0.434 e. The highest BCUT2D eigenvalue weighted by molar-refractivity contribution is 5.68. The van der Waals surface area contributed by atoms with Gasteiger partial charge in [-0.25, -0.2) is 4.79 Å². The first-order valence-electron chi connectivity index (χ1n) is 6.60. The molecule has 1 saturated heterocycles. The van der Waals surface area contributed by atoms with Crippen molar-refractivity contribution in [3.63, 3.8) is 0 Å². The van der Waals surface area contributed by atoms with Crippen molar-refractivity contribution >= 4 is 6.09 Å². The summed E-state index contributed by atoms with van der Waals surface area (Å²) in [7, 11) is 0. The third-order valence-electron chi connectivity index (χ3n) is 3.30. The Morgan fingerprint density at radius 3 is 3.12 bits per heavy atom. The zero-order chi connectivity index (χ0) is 12.1. The normalized spacial score (nSPS) is 27.8. The van der Waals surface area contributed by atoms with Crippen LogP contribution in [0.1, 0.15) is 45.4 Å². The number of carbonyl (C=O) groups is 1.